The van der Waals surface area contributed by atoms with E-state index in [2.05, 4.69) is 58.9 Å². The normalized spacial score (nSPS) is 10.7. The highest BCUT2D eigenvalue weighted by Crippen LogP contribution is 2.27. The third-order valence-electron chi connectivity index (χ3n) is 3.48. The lowest BCUT2D eigenvalue weighted by Gasteiger charge is -2.29. The molecule has 0 aliphatic heterocycles. The number of nitrogens with zero attached hydrogens (tertiary/aromatic N) is 1. The Hall–Kier alpha value is -1.61. The van der Waals surface area contributed by atoms with Gasteiger partial charge in [0, 0.05) is 28.3 Å². The summed E-state index contributed by atoms with van der Waals surface area (Å²) in [6.45, 7) is 6.79. The number of anilines is 1. The summed E-state index contributed by atoms with van der Waals surface area (Å²) in [5, 5.41) is 0. The summed E-state index contributed by atoms with van der Waals surface area (Å²) in [6.07, 6.45) is 0. The first-order valence-electron chi connectivity index (χ1n) is 7.10. The van der Waals surface area contributed by atoms with Gasteiger partial charge in [-0.05, 0) is 60.5 Å². The smallest absolute Gasteiger partial charge is 0.160 e. The quantitative estimate of drug-likeness (QED) is 0.705. The van der Waals surface area contributed by atoms with Crippen molar-refractivity contribution in [2.75, 3.05) is 4.90 Å². The molecule has 0 atom stereocenters. The molecule has 2 nitrogen and oxygen atoms in total. The van der Waals surface area contributed by atoms with Crippen LogP contribution in [0.2, 0.25) is 0 Å². The summed E-state index contributed by atoms with van der Waals surface area (Å²) in [4.78, 5) is 13.9. The summed E-state index contributed by atoms with van der Waals surface area (Å²) in [7, 11) is 0. The van der Waals surface area contributed by atoms with E-state index < -0.39 is 0 Å². The standard InChI is InChI=1S/C18H20BrNO/c1-13(2)20(12-15-7-5-4-6-8-15)16-9-10-17(14(3)21)18(19)11-16/h4-11,13H,12H2,1-3H3. The van der Waals surface area contributed by atoms with Crippen molar-refractivity contribution >= 4 is 27.4 Å². The predicted octanol–water partition coefficient (Wildman–Crippen LogP) is 5.07. The van der Waals surface area contributed by atoms with Gasteiger partial charge in [-0.1, -0.05) is 30.3 Å². The highest BCUT2D eigenvalue weighted by Gasteiger charge is 2.14. The number of halogens is 1. The molecule has 2 aromatic carbocycles. The van der Waals surface area contributed by atoms with Gasteiger partial charge in [-0.2, -0.15) is 0 Å². The van der Waals surface area contributed by atoms with E-state index in [0.29, 0.717) is 6.04 Å². The maximum absolute atomic E-state index is 11.5. The van der Waals surface area contributed by atoms with Gasteiger partial charge in [0.15, 0.2) is 5.78 Å². The van der Waals surface area contributed by atoms with Gasteiger partial charge < -0.3 is 4.90 Å². The van der Waals surface area contributed by atoms with Crippen molar-refractivity contribution in [3.63, 3.8) is 0 Å². The van der Waals surface area contributed by atoms with Crippen molar-refractivity contribution in [2.45, 2.75) is 33.4 Å². The van der Waals surface area contributed by atoms with E-state index in [9.17, 15) is 4.79 Å². The first kappa shape index (κ1) is 15.8. The largest absolute Gasteiger partial charge is 0.365 e. The van der Waals surface area contributed by atoms with Crippen molar-refractivity contribution in [3.8, 4) is 0 Å². The van der Waals surface area contributed by atoms with Crippen molar-refractivity contribution in [1.82, 2.24) is 0 Å². The lowest BCUT2D eigenvalue weighted by atomic mass is 10.1. The first-order valence-corrected chi connectivity index (χ1v) is 7.89. The number of carbonyl (C=O) groups excluding carboxylic acids is 1. The minimum Gasteiger partial charge on any atom is -0.365 e. The number of Topliss-reactive ketones (excluding diaryl/α,β-unsaturated/α-hetero) is 1. The third kappa shape index (κ3) is 3.94. The average Bonchev–Trinajstić information content (AvgIpc) is 2.45. The number of ketones is 1. The van der Waals surface area contributed by atoms with Crippen LogP contribution in [0, 0.1) is 0 Å². The molecule has 0 radical (unpaired) electrons. The summed E-state index contributed by atoms with van der Waals surface area (Å²) in [5.74, 6) is 0.0765. The molecule has 0 heterocycles. The van der Waals surface area contributed by atoms with Crippen molar-refractivity contribution in [3.05, 3.63) is 64.1 Å². The molecule has 110 valence electrons. The molecule has 0 spiro atoms. The molecule has 3 heteroatoms. The summed E-state index contributed by atoms with van der Waals surface area (Å²) < 4.78 is 0.853. The van der Waals surface area contributed by atoms with E-state index in [-0.39, 0.29) is 5.78 Å². The highest BCUT2D eigenvalue weighted by atomic mass is 79.9. The minimum atomic E-state index is 0.0765. The second-order valence-corrected chi connectivity index (χ2v) is 6.28. The Morgan fingerprint density at radius 2 is 1.81 bits per heavy atom. The van der Waals surface area contributed by atoms with Crippen LogP contribution in [-0.2, 0) is 6.54 Å². The van der Waals surface area contributed by atoms with Gasteiger partial charge in [-0.3, -0.25) is 4.79 Å². The van der Waals surface area contributed by atoms with Crippen LogP contribution in [-0.4, -0.2) is 11.8 Å². The van der Waals surface area contributed by atoms with Crippen molar-refractivity contribution in [2.24, 2.45) is 0 Å². The average molecular weight is 346 g/mol. The maximum atomic E-state index is 11.5. The molecule has 0 saturated heterocycles. The topological polar surface area (TPSA) is 20.3 Å². The Kier molecular flexibility index (Phi) is 5.18. The summed E-state index contributed by atoms with van der Waals surface area (Å²) in [6, 6.07) is 16.7. The van der Waals surface area contributed by atoms with E-state index in [4.69, 9.17) is 0 Å². The first-order chi connectivity index (χ1) is 9.99. The van der Waals surface area contributed by atoms with Gasteiger partial charge in [-0.25, -0.2) is 0 Å². The Labute approximate surface area is 134 Å². The van der Waals surface area contributed by atoms with Gasteiger partial charge in [0.05, 0.1) is 0 Å². The monoisotopic (exact) mass is 345 g/mol. The highest BCUT2D eigenvalue weighted by molar-refractivity contribution is 9.10. The van der Waals surface area contributed by atoms with Crippen LogP contribution < -0.4 is 4.90 Å². The van der Waals surface area contributed by atoms with Crippen LogP contribution in [0.25, 0.3) is 0 Å². The number of benzene rings is 2. The molecule has 0 N–H and O–H groups in total. The van der Waals surface area contributed by atoms with Gasteiger partial charge >= 0.3 is 0 Å². The van der Waals surface area contributed by atoms with Crippen LogP contribution in [0.15, 0.2) is 53.0 Å². The fourth-order valence-electron chi connectivity index (χ4n) is 2.32. The van der Waals surface area contributed by atoms with E-state index in [0.717, 1.165) is 22.3 Å². The molecular weight excluding hydrogens is 326 g/mol. The molecule has 0 fully saturated rings. The summed E-state index contributed by atoms with van der Waals surface area (Å²) >= 11 is 3.50. The second-order valence-electron chi connectivity index (χ2n) is 5.43. The minimum absolute atomic E-state index is 0.0765. The fourth-order valence-corrected chi connectivity index (χ4v) is 2.97. The van der Waals surface area contributed by atoms with Gasteiger partial charge in [0.25, 0.3) is 0 Å². The van der Waals surface area contributed by atoms with Crippen LogP contribution in [0.5, 0.6) is 0 Å². The Balaban J connectivity index is 2.31. The van der Waals surface area contributed by atoms with E-state index in [1.54, 1.807) is 6.92 Å². The zero-order valence-corrected chi connectivity index (χ0v) is 14.2. The van der Waals surface area contributed by atoms with Crippen LogP contribution >= 0.6 is 15.9 Å². The molecule has 0 aliphatic rings. The van der Waals surface area contributed by atoms with Gasteiger partial charge in [0.2, 0.25) is 0 Å². The molecule has 21 heavy (non-hydrogen) atoms. The van der Waals surface area contributed by atoms with E-state index in [1.807, 2.05) is 24.3 Å². The number of hydrogen-bond acceptors (Lipinski definition) is 2. The SMILES string of the molecule is CC(=O)c1ccc(N(Cc2ccccc2)C(C)C)cc1Br. The van der Waals surface area contributed by atoms with E-state index >= 15 is 0 Å². The predicted molar refractivity (Wildman–Crippen MR) is 91.9 cm³/mol. The molecule has 0 amide bonds. The molecule has 0 aliphatic carbocycles. The fraction of sp³-hybridized carbons (Fsp3) is 0.278. The zero-order chi connectivity index (χ0) is 15.4. The number of carbonyl (C=O) groups is 1. The Morgan fingerprint density at radius 3 is 2.33 bits per heavy atom. The summed E-state index contributed by atoms with van der Waals surface area (Å²) in [5.41, 5.74) is 3.12. The maximum Gasteiger partial charge on any atom is 0.160 e. The molecule has 2 aromatic rings. The van der Waals surface area contributed by atoms with Crippen LogP contribution in [0.4, 0.5) is 5.69 Å². The van der Waals surface area contributed by atoms with Crippen LogP contribution in [0.3, 0.4) is 0 Å². The molecule has 0 unspecified atom stereocenters. The van der Waals surface area contributed by atoms with Crippen molar-refractivity contribution < 1.29 is 4.79 Å². The van der Waals surface area contributed by atoms with Gasteiger partial charge in [-0.15, -0.1) is 0 Å². The van der Waals surface area contributed by atoms with E-state index in [1.165, 1.54) is 5.56 Å². The molecule has 0 saturated carbocycles. The number of rotatable bonds is 5. The van der Waals surface area contributed by atoms with Crippen molar-refractivity contribution in [1.29, 1.82) is 0 Å². The lowest BCUT2D eigenvalue weighted by Crippen LogP contribution is -2.30. The molecule has 2 rings (SSSR count). The number of hydrogen-bond donors (Lipinski definition) is 0. The van der Waals surface area contributed by atoms with Gasteiger partial charge in [0.1, 0.15) is 0 Å². The second kappa shape index (κ2) is 6.90. The molecule has 0 bridgehead atoms. The lowest BCUT2D eigenvalue weighted by molar-refractivity contribution is 0.101. The third-order valence-corrected chi connectivity index (χ3v) is 4.14. The zero-order valence-electron chi connectivity index (χ0n) is 12.6. The Bertz CT molecular complexity index is 622. The molecule has 0 aromatic heterocycles. The van der Waals surface area contributed by atoms with Crippen LogP contribution in [0.1, 0.15) is 36.7 Å². The molecular formula is C18H20BrNO. The Morgan fingerprint density at radius 1 is 1.14 bits per heavy atom.